The summed E-state index contributed by atoms with van der Waals surface area (Å²) < 4.78 is 144. The smallest absolute Gasteiger partial charge is 0.380 e. The highest BCUT2D eigenvalue weighted by Gasteiger charge is 2.80. The third-order valence-electron chi connectivity index (χ3n) is 14.4. The maximum atomic E-state index is 17.1. The van der Waals surface area contributed by atoms with Gasteiger partial charge in [0.15, 0.2) is 0 Å². The molecule has 1 aliphatic carbocycles. The van der Waals surface area contributed by atoms with Crippen molar-refractivity contribution in [2.45, 2.75) is 115 Å². The van der Waals surface area contributed by atoms with Gasteiger partial charge in [0.1, 0.15) is 0 Å². The largest absolute Gasteiger partial charge is 0.382 e. The van der Waals surface area contributed by atoms with E-state index in [1.165, 1.54) is 12.1 Å². The summed E-state index contributed by atoms with van der Waals surface area (Å²) in [6.07, 6.45) is 2.03. The molecule has 0 N–H and O–H groups in total. The molecule has 0 fully saturated rings. The third-order valence-corrected chi connectivity index (χ3v) is 16.1. The predicted octanol–water partition coefficient (Wildman–Crippen LogP) is 16.5. The Bertz CT molecular complexity index is 2910. The topological polar surface area (TPSA) is 73.8 Å². The first-order valence-electron chi connectivity index (χ1n) is 27.7. The number of halogens is 6. The van der Waals surface area contributed by atoms with Gasteiger partial charge in [-0.1, -0.05) is 145 Å². The van der Waals surface area contributed by atoms with Crippen molar-refractivity contribution in [1.82, 2.24) is 0 Å². The molecule has 448 valence electrons. The van der Waals surface area contributed by atoms with Gasteiger partial charge >= 0.3 is 17.8 Å². The standard InChI is InChI=1S/C66H82F6O8S2/c1-60(2,3)49-21-13-45(14-22-49)43-53(46-15-23-50(24-16-46)61(4,5)6)59-54(44-57(82-59)48-19-27-52(28-20-48)63(9,10)80-42-40-78-38-36-76-34-32-74-12)58-55(64(67,68)66(71,72)65(58,69)70)29-30-56(81)47-17-25-51(26-18-47)62(7,8)79-41-39-77-37-35-75-33-31-73-11/h13-28,30,43-44,81H,29,31-42H2,1-12H3/b53-43+,56-30-. The first-order chi connectivity index (χ1) is 38.6. The minimum Gasteiger partial charge on any atom is -0.382 e. The van der Waals surface area contributed by atoms with Crippen LogP contribution in [0, 0.1) is 0 Å². The molecule has 0 bridgehead atoms. The number of ether oxygens (including phenoxy) is 8. The van der Waals surface area contributed by atoms with Crippen molar-refractivity contribution in [2.24, 2.45) is 0 Å². The Morgan fingerprint density at radius 1 is 0.500 bits per heavy atom. The van der Waals surface area contributed by atoms with Gasteiger partial charge in [0.2, 0.25) is 0 Å². The molecule has 6 rings (SSSR count). The number of rotatable bonds is 30. The molecule has 5 aromatic rings. The average Bonchev–Trinajstić information content (AvgIpc) is 1.68. The van der Waals surface area contributed by atoms with Gasteiger partial charge < -0.3 is 37.9 Å². The van der Waals surface area contributed by atoms with Crippen LogP contribution in [0.1, 0.15) is 125 Å². The monoisotopic (exact) mass is 1180 g/mol. The lowest BCUT2D eigenvalue weighted by atomic mass is 9.85. The van der Waals surface area contributed by atoms with Crippen molar-refractivity contribution in [3.8, 4) is 10.4 Å². The van der Waals surface area contributed by atoms with Crippen LogP contribution in [-0.2, 0) is 59.9 Å². The first-order valence-corrected chi connectivity index (χ1v) is 29.0. The van der Waals surface area contributed by atoms with E-state index in [1.54, 1.807) is 56.7 Å². The van der Waals surface area contributed by atoms with E-state index in [4.69, 9.17) is 37.9 Å². The molecule has 0 radical (unpaired) electrons. The Hall–Kier alpha value is -4.59. The second-order valence-corrected chi connectivity index (χ2v) is 24.8. The molecular formula is C66H82F6O8S2. The van der Waals surface area contributed by atoms with Gasteiger partial charge in [-0.25, -0.2) is 0 Å². The average molecular weight is 1180 g/mol. The molecule has 0 amide bonds. The van der Waals surface area contributed by atoms with Crippen molar-refractivity contribution in [2.75, 3.05) is 93.5 Å². The summed E-state index contributed by atoms with van der Waals surface area (Å²) in [5.41, 5.74) is 1.02. The van der Waals surface area contributed by atoms with E-state index >= 15 is 26.3 Å². The summed E-state index contributed by atoms with van der Waals surface area (Å²) in [5.74, 6) is -16.4. The zero-order valence-corrected chi connectivity index (χ0v) is 51.3. The molecule has 4 aromatic carbocycles. The lowest BCUT2D eigenvalue weighted by Crippen LogP contribution is -2.49. The Balaban J connectivity index is 1.42. The number of alkyl halides is 6. The summed E-state index contributed by atoms with van der Waals surface area (Å²) in [6, 6.07) is 30.9. The van der Waals surface area contributed by atoms with E-state index in [0.717, 1.165) is 33.6 Å². The van der Waals surface area contributed by atoms with Gasteiger partial charge in [-0.3, -0.25) is 0 Å². The SMILES string of the molecule is COCCOCCOCCOC(C)(C)c1ccc(/C(S)=C/CC2=C(c3cc(-c4ccc(C(C)(C)OCCOCCOCCOC)cc4)sc3/C(=C/c3ccc(C(C)(C)C)cc3)c3ccc(C(C)(C)C)cc3)C(F)(F)C(F)(F)C2(F)F)cc1. The fourth-order valence-electron chi connectivity index (χ4n) is 9.25. The summed E-state index contributed by atoms with van der Waals surface area (Å²) >= 11 is 5.70. The zero-order valence-electron chi connectivity index (χ0n) is 49.6. The van der Waals surface area contributed by atoms with Crippen molar-refractivity contribution in [3.63, 3.8) is 0 Å². The molecule has 16 heteroatoms. The van der Waals surface area contributed by atoms with Crippen LogP contribution in [0.4, 0.5) is 26.3 Å². The Morgan fingerprint density at radius 3 is 1.35 bits per heavy atom. The number of allylic oxidation sites excluding steroid dienone is 3. The zero-order chi connectivity index (χ0) is 60.2. The van der Waals surface area contributed by atoms with E-state index < -0.39 is 52.1 Å². The van der Waals surface area contributed by atoms with Crippen LogP contribution in [0.5, 0.6) is 0 Å². The molecule has 82 heavy (non-hydrogen) atoms. The number of thiol groups is 1. The summed E-state index contributed by atoms with van der Waals surface area (Å²) in [4.78, 5) is 0.635. The minimum absolute atomic E-state index is 0.116. The summed E-state index contributed by atoms with van der Waals surface area (Å²) in [6.45, 7) is 24.8. The quantitative estimate of drug-likeness (QED) is 0.0211. The molecule has 0 spiro atoms. The maximum Gasteiger partial charge on any atom is 0.380 e. The molecule has 1 heterocycles. The van der Waals surface area contributed by atoms with Gasteiger partial charge in [0, 0.05) is 51.2 Å². The van der Waals surface area contributed by atoms with Gasteiger partial charge in [-0.2, -0.15) is 26.3 Å². The number of hydrogen-bond acceptors (Lipinski definition) is 10. The molecule has 1 aromatic heterocycles. The van der Waals surface area contributed by atoms with Gasteiger partial charge in [-0.05, 0) is 102 Å². The van der Waals surface area contributed by atoms with Crippen LogP contribution in [0.15, 0.2) is 115 Å². The van der Waals surface area contributed by atoms with Crippen LogP contribution in [0.2, 0.25) is 0 Å². The van der Waals surface area contributed by atoms with Crippen LogP contribution < -0.4 is 0 Å². The molecule has 0 saturated carbocycles. The van der Waals surface area contributed by atoms with E-state index in [-0.39, 0.29) is 33.8 Å². The molecule has 0 atom stereocenters. The number of hydrogen-bond donors (Lipinski definition) is 1. The summed E-state index contributed by atoms with van der Waals surface area (Å²) in [7, 11) is 3.20. The Morgan fingerprint density at radius 2 is 0.902 bits per heavy atom. The van der Waals surface area contributed by atoms with Crippen molar-refractivity contribution < 1.29 is 64.2 Å². The molecular weight excluding hydrogens is 1100 g/mol. The second-order valence-electron chi connectivity index (χ2n) is 23.3. The highest BCUT2D eigenvalue weighted by Crippen LogP contribution is 2.64. The van der Waals surface area contributed by atoms with Crippen LogP contribution in [0.25, 0.3) is 32.6 Å². The molecule has 0 aliphatic heterocycles. The number of benzene rings is 4. The summed E-state index contributed by atoms with van der Waals surface area (Å²) in [5, 5.41) is 0. The maximum absolute atomic E-state index is 17.1. The number of methoxy groups -OCH3 is 2. The van der Waals surface area contributed by atoms with E-state index in [2.05, 4.69) is 54.2 Å². The highest BCUT2D eigenvalue weighted by atomic mass is 32.1. The van der Waals surface area contributed by atoms with Gasteiger partial charge in [-0.15, -0.1) is 24.0 Å². The molecule has 0 saturated heterocycles. The normalized spacial score (nSPS) is 15.9. The predicted molar refractivity (Wildman–Crippen MR) is 322 cm³/mol. The van der Waals surface area contributed by atoms with Crippen LogP contribution in [-0.4, -0.2) is 111 Å². The lowest BCUT2D eigenvalue weighted by Gasteiger charge is -2.26. The van der Waals surface area contributed by atoms with Crippen molar-refractivity contribution in [1.29, 1.82) is 0 Å². The van der Waals surface area contributed by atoms with Crippen LogP contribution >= 0.6 is 24.0 Å². The Labute approximate surface area is 491 Å². The third kappa shape index (κ3) is 16.6. The fraction of sp³-hybridized carbons (Fsp3) is 0.485. The Kier molecular flexibility index (Phi) is 23.2. The minimum atomic E-state index is -5.79. The van der Waals surface area contributed by atoms with E-state index in [9.17, 15) is 0 Å². The van der Waals surface area contributed by atoms with Gasteiger partial charge in [0.05, 0.1) is 90.5 Å². The van der Waals surface area contributed by atoms with Crippen molar-refractivity contribution in [3.05, 3.63) is 164 Å². The number of thiophene rings is 1. The van der Waals surface area contributed by atoms with E-state index in [1.807, 2.05) is 88.4 Å². The second kappa shape index (κ2) is 28.5. The van der Waals surface area contributed by atoms with Crippen molar-refractivity contribution >= 4 is 46.1 Å². The van der Waals surface area contributed by atoms with Gasteiger partial charge in [0.25, 0.3) is 0 Å². The van der Waals surface area contributed by atoms with E-state index in [0.29, 0.717) is 98.8 Å². The molecule has 8 nitrogen and oxygen atoms in total. The fourth-order valence-corrected chi connectivity index (χ4v) is 10.7. The molecule has 0 unspecified atom stereocenters. The first kappa shape index (κ1) is 66.5. The molecule has 1 aliphatic rings. The lowest BCUT2D eigenvalue weighted by molar-refractivity contribution is -0.260. The van der Waals surface area contributed by atoms with Crippen LogP contribution in [0.3, 0.4) is 0 Å². The highest BCUT2D eigenvalue weighted by molar-refractivity contribution is 7.90.